The normalized spacial score (nSPS) is 11.1. The standard InChI is InChI=1S/C10H14ClN5O/c1-5-3-6(12)4-7(11)8(5)15-10(17)16-9(13)14-2/h3-4H,12H2,1-2H3,(H4,13,14,15,16,17). The molecule has 0 aliphatic rings. The number of carbonyl (C=O) groups is 1. The molecule has 0 aliphatic heterocycles. The molecule has 0 aromatic heterocycles. The maximum Gasteiger partial charge on any atom is 0.326 e. The van der Waals surface area contributed by atoms with E-state index in [2.05, 4.69) is 15.6 Å². The van der Waals surface area contributed by atoms with Gasteiger partial charge in [-0.15, -0.1) is 0 Å². The van der Waals surface area contributed by atoms with Crippen LogP contribution in [0, 0.1) is 6.92 Å². The fourth-order valence-corrected chi connectivity index (χ4v) is 1.57. The van der Waals surface area contributed by atoms with Crippen LogP contribution in [0.2, 0.25) is 5.02 Å². The summed E-state index contributed by atoms with van der Waals surface area (Å²) in [5.41, 5.74) is 12.7. The topological polar surface area (TPSA) is 106 Å². The maximum absolute atomic E-state index is 11.5. The van der Waals surface area contributed by atoms with Gasteiger partial charge in [-0.3, -0.25) is 10.3 Å². The smallest absolute Gasteiger partial charge is 0.326 e. The van der Waals surface area contributed by atoms with E-state index in [1.807, 2.05) is 0 Å². The van der Waals surface area contributed by atoms with Gasteiger partial charge >= 0.3 is 6.03 Å². The van der Waals surface area contributed by atoms with Crippen molar-refractivity contribution in [2.45, 2.75) is 6.92 Å². The fourth-order valence-electron chi connectivity index (χ4n) is 1.25. The highest BCUT2D eigenvalue weighted by Crippen LogP contribution is 2.28. The number of urea groups is 1. The highest BCUT2D eigenvalue weighted by Gasteiger charge is 2.09. The average molecular weight is 256 g/mol. The van der Waals surface area contributed by atoms with E-state index in [9.17, 15) is 4.79 Å². The van der Waals surface area contributed by atoms with Crippen molar-refractivity contribution in [1.82, 2.24) is 5.32 Å². The Hall–Kier alpha value is -1.95. The summed E-state index contributed by atoms with van der Waals surface area (Å²) < 4.78 is 0. The number of guanidine groups is 1. The Morgan fingerprint density at radius 3 is 2.65 bits per heavy atom. The highest BCUT2D eigenvalue weighted by molar-refractivity contribution is 6.34. The van der Waals surface area contributed by atoms with Gasteiger partial charge in [0.1, 0.15) is 0 Å². The van der Waals surface area contributed by atoms with Crippen molar-refractivity contribution >= 4 is 35.0 Å². The number of hydrogen-bond donors (Lipinski definition) is 4. The summed E-state index contributed by atoms with van der Waals surface area (Å²) in [6.45, 7) is 1.79. The van der Waals surface area contributed by atoms with Crippen molar-refractivity contribution in [3.05, 3.63) is 22.7 Å². The molecule has 0 heterocycles. The second-order valence-electron chi connectivity index (χ2n) is 3.38. The van der Waals surface area contributed by atoms with Gasteiger partial charge in [0.15, 0.2) is 5.96 Å². The molecule has 0 spiro atoms. The molecule has 0 unspecified atom stereocenters. The van der Waals surface area contributed by atoms with Crippen LogP contribution in [-0.4, -0.2) is 19.0 Å². The van der Waals surface area contributed by atoms with Gasteiger partial charge in [-0.2, -0.15) is 0 Å². The molecule has 6 nitrogen and oxygen atoms in total. The largest absolute Gasteiger partial charge is 0.399 e. The predicted molar refractivity (Wildman–Crippen MR) is 70.3 cm³/mol. The monoisotopic (exact) mass is 255 g/mol. The number of nitrogens with one attached hydrogen (secondary N) is 2. The number of benzene rings is 1. The number of halogens is 1. The summed E-state index contributed by atoms with van der Waals surface area (Å²) >= 11 is 5.97. The van der Waals surface area contributed by atoms with Crippen molar-refractivity contribution in [3.63, 3.8) is 0 Å². The van der Waals surface area contributed by atoms with Crippen molar-refractivity contribution in [1.29, 1.82) is 0 Å². The lowest BCUT2D eigenvalue weighted by Gasteiger charge is -2.11. The minimum atomic E-state index is -0.511. The Labute approximate surface area is 104 Å². The molecule has 0 aliphatic carbocycles. The first-order chi connectivity index (χ1) is 7.93. The van der Waals surface area contributed by atoms with Crippen molar-refractivity contribution < 1.29 is 4.79 Å². The molecular weight excluding hydrogens is 242 g/mol. The van der Waals surface area contributed by atoms with Gasteiger partial charge in [-0.25, -0.2) is 4.79 Å². The summed E-state index contributed by atoms with van der Waals surface area (Å²) in [6.07, 6.45) is 0. The molecule has 0 saturated carbocycles. The highest BCUT2D eigenvalue weighted by atomic mass is 35.5. The van der Waals surface area contributed by atoms with Gasteiger partial charge in [0.25, 0.3) is 0 Å². The molecule has 0 bridgehead atoms. The number of rotatable bonds is 1. The van der Waals surface area contributed by atoms with Gasteiger partial charge in [0, 0.05) is 12.7 Å². The van der Waals surface area contributed by atoms with Gasteiger partial charge in [0.2, 0.25) is 0 Å². The van der Waals surface area contributed by atoms with E-state index in [-0.39, 0.29) is 5.96 Å². The van der Waals surface area contributed by atoms with Crippen LogP contribution in [0.5, 0.6) is 0 Å². The van der Waals surface area contributed by atoms with Gasteiger partial charge < -0.3 is 16.8 Å². The number of aryl methyl sites for hydroxylation is 1. The van der Waals surface area contributed by atoms with E-state index in [0.717, 1.165) is 5.56 Å². The Morgan fingerprint density at radius 1 is 1.47 bits per heavy atom. The van der Waals surface area contributed by atoms with Gasteiger partial charge in [0.05, 0.1) is 10.7 Å². The van der Waals surface area contributed by atoms with Crippen LogP contribution >= 0.6 is 11.6 Å². The van der Waals surface area contributed by atoms with Crippen LogP contribution in [0.3, 0.4) is 0 Å². The molecule has 0 saturated heterocycles. The number of anilines is 2. The van der Waals surface area contributed by atoms with Crippen LogP contribution in [0.25, 0.3) is 0 Å². The fraction of sp³-hybridized carbons (Fsp3) is 0.200. The summed E-state index contributed by atoms with van der Waals surface area (Å²) in [6, 6.07) is 2.75. The van der Waals surface area contributed by atoms with Crippen LogP contribution in [0.15, 0.2) is 17.1 Å². The lowest BCUT2D eigenvalue weighted by atomic mass is 10.2. The van der Waals surface area contributed by atoms with Crippen LogP contribution in [-0.2, 0) is 0 Å². The number of carbonyl (C=O) groups excluding carboxylic acids is 1. The lowest BCUT2D eigenvalue weighted by molar-refractivity contribution is 0.256. The zero-order valence-electron chi connectivity index (χ0n) is 9.54. The molecule has 92 valence electrons. The quantitative estimate of drug-likeness (QED) is 0.345. The molecule has 0 atom stereocenters. The molecule has 1 aromatic rings. The van der Waals surface area contributed by atoms with E-state index in [0.29, 0.717) is 16.4 Å². The molecule has 2 amide bonds. The van der Waals surface area contributed by atoms with E-state index < -0.39 is 6.03 Å². The number of aliphatic imine (C=N–C) groups is 1. The summed E-state index contributed by atoms with van der Waals surface area (Å²) in [5.74, 6) is 0.0201. The van der Waals surface area contributed by atoms with Crippen molar-refractivity contribution in [3.8, 4) is 0 Å². The Bertz CT molecular complexity index is 449. The van der Waals surface area contributed by atoms with E-state index in [1.165, 1.54) is 7.05 Å². The number of nitrogens with zero attached hydrogens (tertiary/aromatic N) is 1. The Balaban J connectivity index is 2.85. The van der Waals surface area contributed by atoms with Crippen LogP contribution in [0.1, 0.15) is 5.56 Å². The van der Waals surface area contributed by atoms with E-state index in [4.69, 9.17) is 23.1 Å². The zero-order chi connectivity index (χ0) is 13.0. The predicted octanol–water partition coefficient (Wildman–Crippen LogP) is 1.30. The number of hydrogen-bond acceptors (Lipinski definition) is 3. The number of amides is 2. The zero-order valence-corrected chi connectivity index (χ0v) is 10.3. The number of nitrogens with two attached hydrogens (primary N) is 2. The lowest BCUT2D eigenvalue weighted by Crippen LogP contribution is -2.39. The van der Waals surface area contributed by atoms with E-state index >= 15 is 0 Å². The molecule has 1 aromatic carbocycles. The third-order valence-electron chi connectivity index (χ3n) is 2.03. The van der Waals surface area contributed by atoms with Gasteiger partial charge in [-0.05, 0) is 24.6 Å². The maximum atomic E-state index is 11.5. The minimum Gasteiger partial charge on any atom is -0.399 e. The molecule has 7 heteroatoms. The average Bonchev–Trinajstić information content (AvgIpc) is 2.23. The number of nitrogen functional groups attached to an aromatic ring is 1. The molecule has 1 rings (SSSR count). The third kappa shape index (κ3) is 3.53. The summed E-state index contributed by atoms with van der Waals surface area (Å²) in [4.78, 5) is 15.1. The van der Waals surface area contributed by atoms with Gasteiger partial charge in [-0.1, -0.05) is 11.6 Å². The first-order valence-corrected chi connectivity index (χ1v) is 5.17. The third-order valence-corrected chi connectivity index (χ3v) is 2.33. The summed E-state index contributed by atoms with van der Waals surface area (Å²) in [5, 5.41) is 5.27. The second-order valence-corrected chi connectivity index (χ2v) is 3.79. The van der Waals surface area contributed by atoms with Crippen LogP contribution in [0.4, 0.5) is 16.2 Å². The Morgan fingerprint density at radius 2 is 2.12 bits per heavy atom. The summed E-state index contributed by atoms with van der Waals surface area (Å²) in [7, 11) is 1.47. The van der Waals surface area contributed by atoms with Crippen molar-refractivity contribution in [2.75, 3.05) is 18.1 Å². The second kappa shape index (κ2) is 5.40. The van der Waals surface area contributed by atoms with Crippen LogP contribution < -0.4 is 22.1 Å². The molecule has 0 radical (unpaired) electrons. The molecule has 6 N–H and O–H groups in total. The minimum absolute atomic E-state index is 0.0201. The SMILES string of the molecule is CN=C(N)NC(=O)Nc1c(C)cc(N)cc1Cl. The Kier molecular flexibility index (Phi) is 4.17. The molecular formula is C10H14ClN5O. The first-order valence-electron chi connectivity index (χ1n) is 4.80. The molecule has 17 heavy (non-hydrogen) atoms. The first kappa shape index (κ1) is 13.1. The van der Waals surface area contributed by atoms with E-state index in [1.54, 1.807) is 19.1 Å². The van der Waals surface area contributed by atoms with Crippen molar-refractivity contribution in [2.24, 2.45) is 10.7 Å². The molecule has 0 fully saturated rings.